The summed E-state index contributed by atoms with van der Waals surface area (Å²) in [6.45, 7) is 7.12. The molecule has 0 spiro atoms. The minimum Gasteiger partial charge on any atom is -0.395 e. The molecule has 154 valence electrons. The Morgan fingerprint density at radius 1 is 0.964 bits per heavy atom. The van der Waals surface area contributed by atoms with Crippen LogP contribution < -0.4 is 5.30 Å². The molecule has 2 rings (SSSR count). The monoisotopic (exact) mass is 407 g/mol. The molecule has 0 saturated heterocycles. The molecule has 0 radical (unpaired) electrons. The van der Waals surface area contributed by atoms with E-state index in [9.17, 15) is 14.3 Å². The van der Waals surface area contributed by atoms with Gasteiger partial charge in [-0.1, -0.05) is 35.9 Å². The number of likely N-dealkylation sites (N-methyl/N-ethyl adjacent to an activating group) is 1. The van der Waals surface area contributed by atoms with Crippen LogP contribution in [0.3, 0.4) is 0 Å². The third-order valence-electron chi connectivity index (χ3n) is 4.24. The zero-order valence-electron chi connectivity index (χ0n) is 16.9. The first-order valence-electron chi connectivity index (χ1n) is 9.06. The lowest BCUT2D eigenvalue weighted by Gasteiger charge is -2.15. The highest BCUT2D eigenvalue weighted by Crippen LogP contribution is 2.44. The Hall–Kier alpha value is -1.82. The van der Waals surface area contributed by atoms with E-state index in [-0.39, 0.29) is 18.5 Å². The third-order valence-corrected chi connectivity index (χ3v) is 6.01. The maximum absolute atomic E-state index is 12.5. The highest BCUT2D eigenvalue weighted by Gasteiger charge is 2.34. The fourth-order valence-corrected chi connectivity index (χ4v) is 4.34. The molecule has 0 heterocycles. The molecular formula is C21H30NO5P. The van der Waals surface area contributed by atoms with Crippen molar-refractivity contribution in [2.45, 2.75) is 20.8 Å². The van der Waals surface area contributed by atoms with Crippen LogP contribution in [-0.4, -0.2) is 58.9 Å². The maximum Gasteiger partial charge on any atom is 0.298 e. The third kappa shape index (κ3) is 6.66. The number of aliphatic hydroxyl groups excluding tert-OH is 2. The number of aryl methyl sites for hydroxylation is 3. The number of carbonyl (C=O) groups excluding carboxylic acids is 1. The van der Waals surface area contributed by atoms with Crippen LogP contribution in [-0.2, 0) is 4.57 Å². The smallest absolute Gasteiger partial charge is 0.298 e. The van der Waals surface area contributed by atoms with Crippen molar-refractivity contribution in [3.63, 3.8) is 0 Å². The highest BCUT2D eigenvalue weighted by atomic mass is 31.2. The van der Waals surface area contributed by atoms with Gasteiger partial charge in [-0.05, 0) is 51.1 Å². The average molecular weight is 407 g/mol. The second-order valence-corrected chi connectivity index (χ2v) is 8.82. The number of hydrogen-bond acceptors (Lipinski definition) is 5. The highest BCUT2D eigenvalue weighted by molar-refractivity contribution is 7.82. The predicted octanol–water partition coefficient (Wildman–Crippen LogP) is 2.25. The van der Waals surface area contributed by atoms with Gasteiger partial charge in [-0.2, -0.15) is 0 Å². The first kappa shape index (κ1) is 24.2. The second kappa shape index (κ2) is 11.2. The summed E-state index contributed by atoms with van der Waals surface area (Å²) in [4.78, 5) is 24.6. The van der Waals surface area contributed by atoms with Gasteiger partial charge < -0.3 is 20.0 Å². The molecule has 7 heteroatoms. The van der Waals surface area contributed by atoms with Crippen LogP contribution in [0.15, 0.2) is 42.5 Å². The van der Waals surface area contributed by atoms with Gasteiger partial charge in [-0.25, -0.2) is 0 Å². The van der Waals surface area contributed by atoms with E-state index in [1.165, 1.54) is 12.1 Å². The first-order valence-corrected chi connectivity index (χ1v) is 10.7. The van der Waals surface area contributed by atoms with Gasteiger partial charge in [0, 0.05) is 24.0 Å². The van der Waals surface area contributed by atoms with Gasteiger partial charge in [-0.3, -0.25) is 9.36 Å². The standard InChI is InChI=1S/C16H17O3P.C5H13NO2/c1-11-9-12(2)15(13(3)10-11)16(17)20(18,19)14-7-5-4-6-8-14;1-6(2-4-7)3-5-8/h4-10H,1-3H3,(H,18,19);7-8H,2-5H2,1H3. The Balaban J connectivity index is 0.000000416. The number of aliphatic hydroxyl groups is 2. The molecule has 28 heavy (non-hydrogen) atoms. The molecule has 2 aromatic rings. The lowest BCUT2D eigenvalue weighted by atomic mass is 10.0. The summed E-state index contributed by atoms with van der Waals surface area (Å²) in [5, 5.41) is 16.9. The molecule has 1 atom stereocenters. The zero-order chi connectivity index (χ0) is 21.3. The number of nitrogens with zero attached hydrogens (tertiary/aromatic N) is 1. The second-order valence-electron chi connectivity index (χ2n) is 6.74. The molecule has 0 bridgehead atoms. The SMILES string of the molecule is CN(CCO)CCO.Cc1cc(C)c(C(=O)P(=O)(O)c2ccccc2)c(C)c1. The molecule has 0 aromatic heterocycles. The quantitative estimate of drug-likeness (QED) is 0.609. The van der Waals surface area contributed by atoms with E-state index < -0.39 is 12.9 Å². The van der Waals surface area contributed by atoms with Crippen LogP contribution in [0.4, 0.5) is 0 Å². The minimum atomic E-state index is -4.07. The van der Waals surface area contributed by atoms with E-state index in [2.05, 4.69) is 0 Å². The van der Waals surface area contributed by atoms with E-state index in [0.717, 1.165) is 16.7 Å². The van der Waals surface area contributed by atoms with Gasteiger partial charge in [0.1, 0.15) is 0 Å². The maximum atomic E-state index is 12.5. The van der Waals surface area contributed by atoms with E-state index in [4.69, 9.17) is 10.2 Å². The lowest BCUT2D eigenvalue weighted by molar-refractivity contribution is 0.106. The largest absolute Gasteiger partial charge is 0.395 e. The molecule has 0 saturated carbocycles. The summed E-state index contributed by atoms with van der Waals surface area (Å²) in [7, 11) is -2.21. The number of carbonyl (C=O) groups is 1. The van der Waals surface area contributed by atoms with Gasteiger partial charge in [-0.15, -0.1) is 0 Å². The fraction of sp³-hybridized carbons (Fsp3) is 0.381. The Morgan fingerprint density at radius 2 is 1.43 bits per heavy atom. The fourth-order valence-electron chi connectivity index (χ4n) is 2.87. The molecule has 2 aromatic carbocycles. The van der Waals surface area contributed by atoms with Crippen LogP contribution >= 0.6 is 7.37 Å². The molecule has 0 aliphatic heterocycles. The van der Waals surface area contributed by atoms with Gasteiger partial charge >= 0.3 is 0 Å². The van der Waals surface area contributed by atoms with Crippen molar-refractivity contribution in [3.8, 4) is 0 Å². The van der Waals surface area contributed by atoms with Crippen molar-refractivity contribution in [2.75, 3.05) is 33.4 Å². The summed E-state index contributed by atoms with van der Waals surface area (Å²) in [5.41, 5.74) is 2.16. The zero-order valence-corrected chi connectivity index (χ0v) is 17.8. The topological polar surface area (TPSA) is 98.1 Å². The van der Waals surface area contributed by atoms with Gasteiger partial charge in [0.15, 0.2) is 0 Å². The number of rotatable bonds is 7. The molecule has 0 fully saturated rings. The van der Waals surface area contributed by atoms with Crippen LogP contribution in [0.5, 0.6) is 0 Å². The Kier molecular flexibility index (Phi) is 9.73. The van der Waals surface area contributed by atoms with E-state index in [1.54, 1.807) is 32.0 Å². The first-order chi connectivity index (χ1) is 13.1. The molecular weight excluding hydrogens is 377 g/mol. The molecule has 0 aliphatic carbocycles. The van der Waals surface area contributed by atoms with Crippen LogP contribution in [0.2, 0.25) is 0 Å². The van der Waals surface area contributed by atoms with Crippen LogP contribution in [0.25, 0.3) is 0 Å². The normalized spacial score (nSPS) is 12.9. The summed E-state index contributed by atoms with van der Waals surface area (Å²) in [6, 6.07) is 11.8. The van der Waals surface area contributed by atoms with Crippen LogP contribution in [0, 0.1) is 20.8 Å². The van der Waals surface area contributed by atoms with Gasteiger partial charge in [0.05, 0.1) is 13.2 Å². The Morgan fingerprint density at radius 3 is 1.86 bits per heavy atom. The molecule has 0 amide bonds. The van der Waals surface area contributed by atoms with Crippen molar-refractivity contribution < 1.29 is 24.5 Å². The molecule has 1 unspecified atom stereocenters. The lowest BCUT2D eigenvalue weighted by Crippen LogP contribution is -2.25. The van der Waals surface area contributed by atoms with Crippen molar-refractivity contribution in [1.82, 2.24) is 4.90 Å². The molecule has 3 N–H and O–H groups in total. The predicted molar refractivity (Wildman–Crippen MR) is 113 cm³/mol. The summed E-state index contributed by atoms with van der Waals surface area (Å²) in [5.74, 6) is 0. The number of benzene rings is 2. The van der Waals surface area contributed by atoms with Crippen molar-refractivity contribution in [2.24, 2.45) is 0 Å². The Labute approximate surface area is 166 Å². The van der Waals surface area contributed by atoms with E-state index in [1.807, 2.05) is 31.0 Å². The average Bonchev–Trinajstić information content (AvgIpc) is 2.62. The van der Waals surface area contributed by atoms with Crippen molar-refractivity contribution >= 4 is 18.2 Å². The Bertz CT molecular complexity index is 794. The van der Waals surface area contributed by atoms with Gasteiger partial charge in [0.2, 0.25) is 0 Å². The van der Waals surface area contributed by atoms with Gasteiger partial charge in [0.25, 0.3) is 12.9 Å². The molecule has 0 aliphatic rings. The minimum absolute atomic E-state index is 0.163. The van der Waals surface area contributed by atoms with Crippen LogP contribution in [0.1, 0.15) is 27.0 Å². The summed E-state index contributed by atoms with van der Waals surface area (Å²) in [6.07, 6.45) is 0. The summed E-state index contributed by atoms with van der Waals surface area (Å²) < 4.78 is 12.5. The number of hydrogen-bond donors (Lipinski definition) is 3. The van der Waals surface area contributed by atoms with Crippen molar-refractivity contribution in [3.05, 3.63) is 64.7 Å². The van der Waals surface area contributed by atoms with E-state index in [0.29, 0.717) is 18.7 Å². The molecule has 6 nitrogen and oxygen atoms in total. The van der Waals surface area contributed by atoms with Crippen molar-refractivity contribution in [1.29, 1.82) is 0 Å². The van der Waals surface area contributed by atoms with E-state index >= 15 is 0 Å². The summed E-state index contributed by atoms with van der Waals surface area (Å²) >= 11 is 0.